The van der Waals surface area contributed by atoms with Crippen molar-refractivity contribution in [1.82, 2.24) is 14.8 Å². The van der Waals surface area contributed by atoms with Crippen molar-refractivity contribution < 1.29 is 14.6 Å². The van der Waals surface area contributed by atoms with Gasteiger partial charge in [-0.05, 0) is 23.8 Å². The predicted octanol–water partition coefficient (Wildman–Crippen LogP) is 0.709. The van der Waals surface area contributed by atoms with Crippen molar-refractivity contribution in [3.05, 3.63) is 54.0 Å². The van der Waals surface area contributed by atoms with Gasteiger partial charge in [0, 0.05) is 11.6 Å². The Morgan fingerprint density at radius 1 is 1.32 bits per heavy atom. The van der Waals surface area contributed by atoms with Crippen LogP contribution < -0.4 is 5.73 Å². The van der Waals surface area contributed by atoms with Crippen molar-refractivity contribution in [3.8, 4) is 5.69 Å². The van der Waals surface area contributed by atoms with E-state index in [1.54, 1.807) is 17.1 Å². The molecule has 1 aliphatic rings. The third-order valence-corrected chi connectivity index (χ3v) is 4.63. The fourth-order valence-electron chi connectivity index (χ4n) is 3.11. The number of nitrogens with zero attached hydrogens (tertiary/aromatic N) is 3. The van der Waals surface area contributed by atoms with Crippen LogP contribution in [-0.2, 0) is 21.4 Å². The maximum atomic E-state index is 11.1. The number of carbonyl (C=O) groups is 1. The Balaban J connectivity index is 1.78. The second kappa shape index (κ2) is 5.94. The predicted molar refractivity (Wildman–Crippen MR) is 91.3 cm³/mol. The van der Waals surface area contributed by atoms with Crippen LogP contribution in [0.15, 0.2) is 42.7 Å². The molecule has 1 aliphatic heterocycles. The fraction of sp³-hybridized carbons (Fsp3) is 0.278. The summed E-state index contributed by atoms with van der Waals surface area (Å²) < 4.78 is 7.10. The molecule has 0 atom stereocenters. The number of aliphatic hydroxyl groups is 1. The molecule has 0 unspecified atom stereocenters. The summed E-state index contributed by atoms with van der Waals surface area (Å²) in [6.07, 6.45) is 3.51. The van der Waals surface area contributed by atoms with Crippen LogP contribution in [0.5, 0.6) is 0 Å². The quantitative estimate of drug-likeness (QED) is 0.713. The van der Waals surface area contributed by atoms with Gasteiger partial charge in [0.15, 0.2) is 0 Å². The van der Waals surface area contributed by atoms with Gasteiger partial charge in [-0.3, -0.25) is 9.78 Å². The Morgan fingerprint density at radius 3 is 2.84 bits per heavy atom. The normalized spacial score (nSPS) is 15.9. The number of aliphatic hydroxyl groups excluding tert-OH is 1. The number of fused-ring (bicyclic) bond motifs is 1. The first-order chi connectivity index (χ1) is 12.1. The van der Waals surface area contributed by atoms with Crippen LogP contribution in [0.3, 0.4) is 0 Å². The van der Waals surface area contributed by atoms with E-state index in [9.17, 15) is 9.90 Å². The highest BCUT2D eigenvalue weighted by molar-refractivity contribution is 5.82. The number of carbonyl (C=O) groups excluding carboxylic acids is 1. The molecule has 3 heterocycles. The Bertz CT molecular complexity index is 941. The number of benzene rings is 1. The standard InChI is InChI=1S/C18H18N4O3/c19-17(24)6-14-5-16-12(7-20-14)8-21-22(16)15-3-1-2-13(4-15)18(9-23)10-25-11-18/h1-5,7-8,23H,6,9-11H2,(H2,19,24). The minimum atomic E-state index is -0.421. The molecule has 1 fully saturated rings. The number of nitrogens with two attached hydrogens (primary N) is 1. The Morgan fingerprint density at radius 2 is 2.16 bits per heavy atom. The summed E-state index contributed by atoms with van der Waals surface area (Å²) in [5.41, 5.74) is 8.29. The van der Waals surface area contributed by atoms with E-state index < -0.39 is 5.91 Å². The number of primary amides is 1. The van der Waals surface area contributed by atoms with Crippen LogP contribution >= 0.6 is 0 Å². The lowest BCUT2D eigenvalue weighted by Crippen LogP contribution is -2.49. The topological polar surface area (TPSA) is 103 Å². The van der Waals surface area contributed by atoms with Gasteiger partial charge in [-0.15, -0.1) is 0 Å². The number of ether oxygens (including phenoxy) is 1. The fourth-order valence-corrected chi connectivity index (χ4v) is 3.11. The van der Waals surface area contributed by atoms with Gasteiger partial charge in [-0.1, -0.05) is 12.1 Å². The van der Waals surface area contributed by atoms with Crippen LogP contribution in [0, 0.1) is 0 Å². The SMILES string of the molecule is NC(=O)Cc1cc2c(cn1)cnn2-c1cccc(C2(CO)COC2)c1. The molecule has 4 rings (SSSR count). The Hall–Kier alpha value is -2.77. The molecule has 1 aromatic carbocycles. The molecule has 3 aromatic rings. The number of pyridine rings is 1. The Labute approximate surface area is 144 Å². The molecule has 0 radical (unpaired) electrons. The van der Waals surface area contributed by atoms with Crippen LogP contribution in [-0.4, -0.2) is 45.6 Å². The van der Waals surface area contributed by atoms with Crippen LogP contribution in [0.25, 0.3) is 16.6 Å². The van der Waals surface area contributed by atoms with Crippen LogP contribution in [0.2, 0.25) is 0 Å². The van der Waals surface area contributed by atoms with Crippen molar-refractivity contribution in [1.29, 1.82) is 0 Å². The van der Waals surface area contributed by atoms with Gasteiger partial charge in [-0.2, -0.15) is 5.10 Å². The van der Waals surface area contributed by atoms with E-state index in [4.69, 9.17) is 10.5 Å². The van der Waals surface area contributed by atoms with Crippen molar-refractivity contribution >= 4 is 16.8 Å². The molecule has 7 heteroatoms. The lowest BCUT2D eigenvalue weighted by Gasteiger charge is -2.40. The van der Waals surface area contributed by atoms with Gasteiger partial charge >= 0.3 is 0 Å². The summed E-state index contributed by atoms with van der Waals surface area (Å²) in [4.78, 5) is 15.4. The van der Waals surface area contributed by atoms with Gasteiger partial charge in [0.1, 0.15) is 0 Å². The second-order valence-corrected chi connectivity index (χ2v) is 6.42. The number of rotatable bonds is 5. The van der Waals surface area contributed by atoms with E-state index in [-0.39, 0.29) is 18.4 Å². The van der Waals surface area contributed by atoms with Gasteiger partial charge < -0.3 is 15.6 Å². The van der Waals surface area contributed by atoms with Crippen molar-refractivity contribution in [2.75, 3.05) is 19.8 Å². The molecule has 0 aliphatic carbocycles. The average molecular weight is 338 g/mol. The maximum absolute atomic E-state index is 11.1. The number of hydrogen-bond donors (Lipinski definition) is 2. The summed E-state index contributed by atoms with van der Waals surface area (Å²) in [7, 11) is 0. The van der Waals surface area contributed by atoms with E-state index in [0.29, 0.717) is 18.9 Å². The van der Waals surface area contributed by atoms with Crippen LogP contribution in [0.1, 0.15) is 11.3 Å². The molecule has 0 spiro atoms. The molecule has 2 aromatic heterocycles. The third kappa shape index (κ3) is 2.67. The van der Waals surface area contributed by atoms with E-state index in [0.717, 1.165) is 22.2 Å². The van der Waals surface area contributed by atoms with Gasteiger partial charge in [0.05, 0.1) is 54.8 Å². The summed E-state index contributed by atoms with van der Waals surface area (Å²) >= 11 is 0. The molecule has 1 saturated heterocycles. The van der Waals surface area contributed by atoms with E-state index >= 15 is 0 Å². The first-order valence-corrected chi connectivity index (χ1v) is 8.02. The maximum Gasteiger partial charge on any atom is 0.223 e. The molecule has 128 valence electrons. The number of hydrogen-bond acceptors (Lipinski definition) is 5. The first-order valence-electron chi connectivity index (χ1n) is 8.02. The van der Waals surface area contributed by atoms with Crippen LogP contribution in [0.4, 0.5) is 0 Å². The lowest BCUT2D eigenvalue weighted by molar-refractivity contribution is -0.117. The summed E-state index contributed by atoms with van der Waals surface area (Å²) in [5.74, 6) is -0.421. The lowest BCUT2D eigenvalue weighted by atomic mass is 9.79. The van der Waals surface area contributed by atoms with Crippen molar-refractivity contribution in [3.63, 3.8) is 0 Å². The smallest absolute Gasteiger partial charge is 0.223 e. The minimum Gasteiger partial charge on any atom is -0.395 e. The first kappa shape index (κ1) is 15.7. The molecular weight excluding hydrogens is 320 g/mol. The summed E-state index contributed by atoms with van der Waals surface area (Å²) in [6.45, 7) is 1.07. The zero-order chi connectivity index (χ0) is 17.4. The van der Waals surface area contributed by atoms with Crippen molar-refractivity contribution in [2.24, 2.45) is 5.73 Å². The molecule has 3 N–H and O–H groups in total. The van der Waals surface area contributed by atoms with Gasteiger partial charge in [0.2, 0.25) is 5.91 Å². The van der Waals surface area contributed by atoms with E-state index in [1.807, 2.05) is 30.3 Å². The molecule has 1 amide bonds. The highest BCUT2D eigenvalue weighted by Gasteiger charge is 2.39. The summed E-state index contributed by atoms with van der Waals surface area (Å²) in [6, 6.07) is 9.73. The zero-order valence-electron chi connectivity index (χ0n) is 13.6. The van der Waals surface area contributed by atoms with Gasteiger partial charge in [0.25, 0.3) is 0 Å². The largest absolute Gasteiger partial charge is 0.395 e. The van der Waals surface area contributed by atoms with Crippen molar-refractivity contribution in [2.45, 2.75) is 11.8 Å². The minimum absolute atomic E-state index is 0.0446. The average Bonchev–Trinajstić information content (AvgIpc) is 2.97. The molecular formula is C18H18N4O3. The van der Waals surface area contributed by atoms with E-state index in [1.165, 1.54) is 0 Å². The number of aromatic nitrogens is 3. The highest BCUT2D eigenvalue weighted by atomic mass is 16.5. The molecule has 0 bridgehead atoms. The number of amides is 1. The molecule has 0 saturated carbocycles. The monoisotopic (exact) mass is 338 g/mol. The van der Waals surface area contributed by atoms with E-state index in [2.05, 4.69) is 10.1 Å². The molecule has 25 heavy (non-hydrogen) atoms. The highest BCUT2D eigenvalue weighted by Crippen LogP contribution is 2.33. The summed E-state index contributed by atoms with van der Waals surface area (Å²) in [5, 5.41) is 15.1. The third-order valence-electron chi connectivity index (χ3n) is 4.63. The van der Waals surface area contributed by atoms with Gasteiger partial charge in [-0.25, -0.2) is 4.68 Å². The Kier molecular flexibility index (Phi) is 3.74. The second-order valence-electron chi connectivity index (χ2n) is 6.42. The molecule has 7 nitrogen and oxygen atoms in total. The zero-order valence-corrected chi connectivity index (χ0v) is 13.6.